The predicted octanol–water partition coefficient (Wildman–Crippen LogP) is 4.03. The van der Waals surface area contributed by atoms with E-state index < -0.39 is 0 Å². The Balaban J connectivity index is 1.65. The summed E-state index contributed by atoms with van der Waals surface area (Å²) in [5.74, 6) is 0.0621. The molecule has 22 heavy (non-hydrogen) atoms. The predicted molar refractivity (Wildman–Crippen MR) is 94.9 cm³/mol. The molecule has 0 saturated heterocycles. The Kier molecular flexibility index (Phi) is 4.86. The average molecular weight is 332 g/mol. The highest BCUT2D eigenvalue weighted by atomic mass is 32.2. The monoisotopic (exact) mass is 332 g/mol. The summed E-state index contributed by atoms with van der Waals surface area (Å²) in [6.45, 7) is 3.58. The van der Waals surface area contributed by atoms with Gasteiger partial charge in [0.1, 0.15) is 0 Å². The summed E-state index contributed by atoms with van der Waals surface area (Å²) in [6, 6.07) is 10.4. The summed E-state index contributed by atoms with van der Waals surface area (Å²) in [6.07, 6.45) is 3.07. The maximum atomic E-state index is 12.4. The first kappa shape index (κ1) is 15.6. The van der Waals surface area contributed by atoms with Crippen molar-refractivity contribution in [3.63, 3.8) is 0 Å². The van der Waals surface area contributed by atoms with E-state index in [4.69, 9.17) is 0 Å². The Morgan fingerprint density at radius 2 is 2.23 bits per heavy atom. The zero-order valence-electron chi connectivity index (χ0n) is 12.8. The minimum absolute atomic E-state index is 0.0621. The molecule has 5 heteroatoms. The molecular weight excluding hydrogens is 312 g/mol. The number of rotatable bonds is 4. The van der Waals surface area contributed by atoms with Crippen molar-refractivity contribution in [1.82, 2.24) is 4.90 Å². The van der Waals surface area contributed by atoms with Gasteiger partial charge < -0.3 is 5.32 Å². The number of benzene rings is 1. The van der Waals surface area contributed by atoms with Crippen molar-refractivity contribution in [3.05, 3.63) is 46.2 Å². The second kappa shape index (κ2) is 6.86. The zero-order chi connectivity index (χ0) is 15.5. The lowest BCUT2D eigenvalue weighted by Crippen LogP contribution is -2.39. The number of para-hydroxylation sites is 1. The molecular formula is C17H20N2OS2. The summed E-state index contributed by atoms with van der Waals surface area (Å²) >= 11 is 3.48. The third-order valence-corrected chi connectivity index (χ3v) is 5.92. The van der Waals surface area contributed by atoms with E-state index in [1.165, 1.54) is 10.4 Å². The standard InChI is InChI=1S/C17H20N2OS2/c1-12-13-8-10-22-15(13)7-9-19(12)11-17(20)18-14-5-3-4-6-16(14)21-2/h3-6,8,10,12H,7,9,11H2,1-2H3,(H,18,20)/t12-/m1/s1. The SMILES string of the molecule is CSc1ccccc1NC(=O)CN1CCc2sccc2[C@H]1C. The van der Waals surface area contributed by atoms with E-state index in [0.29, 0.717) is 12.6 Å². The number of hydrogen-bond donors (Lipinski definition) is 1. The fourth-order valence-electron chi connectivity index (χ4n) is 2.90. The molecule has 0 fully saturated rings. The van der Waals surface area contributed by atoms with Crippen molar-refractivity contribution in [2.24, 2.45) is 0 Å². The molecule has 1 atom stereocenters. The number of nitrogens with zero attached hydrogens (tertiary/aromatic N) is 1. The van der Waals surface area contributed by atoms with Gasteiger partial charge in [0, 0.05) is 22.4 Å². The molecule has 2 heterocycles. The van der Waals surface area contributed by atoms with Gasteiger partial charge in [-0.25, -0.2) is 0 Å². The number of thiophene rings is 1. The summed E-state index contributed by atoms with van der Waals surface area (Å²) in [4.78, 5) is 17.2. The Bertz CT molecular complexity index is 668. The topological polar surface area (TPSA) is 32.3 Å². The van der Waals surface area contributed by atoms with Crippen LogP contribution in [0.2, 0.25) is 0 Å². The molecule has 0 radical (unpaired) electrons. The smallest absolute Gasteiger partial charge is 0.238 e. The molecule has 3 rings (SSSR count). The minimum atomic E-state index is 0.0621. The van der Waals surface area contributed by atoms with Crippen LogP contribution in [-0.2, 0) is 11.2 Å². The van der Waals surface area contributed by atoms with E-state index in [-0.39, 0.29) is 5.91 Å². The molecule has 1 N–H and O–H groups in total. The highest BCUT2D eigenvalue weighted by molar-refractivity contribution is 7.98. The van der Waals surface area contributed by atoms with Crippen molar-refractivity contribution in [1.29, 1.82) is 0 Å². The van der Waals surface area contributed by atoms with Gasteiger partial charge in [0.15, 0.2) is 0 Å². The summed E-state index contributed by atoms with van der Waals surface area (Å²) in [5, 5.41) is 5.20. The Labute approximate surface area is 139 Å². The Morgan fingerprint density at radius 3 is 3.05 bits per heavy atom. The van der Waals surface area contributed by atoms with Crippen molar-refractivity contribution in [3.8, 4) is 0 Å². The maximum Gasteiger partial charge on any atom is 0.238 e. The molecule has 3 nitrogen and oxygen atoms in total. The normalized spacial score (nSPS) is 18.0. The molecule has 1 amide bonds. The molecule has 1 aromatic carbocycles. The van der Waals surface area contributed by atoms with Crippen LogP contribution in [0, 0.1) is 0 Å². The number of amides is 1. The first-order valence-electron chi connectivity index (χ1n) is 7.42. The van der Waals surface area contributed by atoms with Crippen LogP contribution >= 0.6 is 23.1 Å². The first-order chi connectivity index (χ1) is 10.7. The molecule has 2 aromatic rings. The molecule has 0 spiro atoms. The third-order valence-electron chi connectivity index (χ3n) is 4.13. The van der Waals surface area contributed by atoms with Gasteiger partial charge in [-0.3, -0.25) is 9.69 Å². The van der Waals surface area contributed by atoms with Crippen molar-refractivity contribution < 1.29 is 4.79 Å². The van der Waals surface area contributed by atoms with Crippen LogP contribution in [0.5, 0.6) is 0 Å². The first-order valence-corrected chi connectivity index (χ1v) is 9.52. The lowest BCUT2D eigenvalue weighted by molar-refractivity contribution is -0.117. The minimum Gasteiger partial charge on any atom is -0.324 e. The molecule has 0 aliphatic carbocycles. The molecule has 1 aliphatic heterocycles. The van der Waals surface area contributed by atoms with Gasteiger partial charge in [-0.1, -0.05) is 12.1 Å². The van der Waals surface area contributed by atoms with Crippen molar-refractivity contribution >= 4 is 34.7 Å². The van der Waals surface area contributed by atoms with Crippen LogP contribution in [0.25, 0.3) is 0 Å². The van der Waals surface area contributed by atoms with Crippen molar-refractivity contribution in [2.45, 2.75) is 24.3 Å². The average Bonchev–Trinajstić information content (AvgIpc) is 3.00. The molecule has 1 aromatic heterocycles. The lowest BCUT2D eigenvalue weighted by Gasteiger charge is -2.32. The number of nitrogens with one attached hydrogen (secondary N) is 1. The van der Waals surface area contributed by atoms with E-state index in [0.717, 1.165) is 23.5 Å². The van der Waals surface area contributed by atoms with Gasteiger partial charge in [-0.15, -0.1) is 23.1 Å². The summed E-state index contributed by atoms with van der Waals surface area (Å²) in [7, 11) is 0. The Hall–Kier alpha value is -1.30. The maximum absolute atomic E-state index is 12.4. The number of carbonyl (C=O) groups excluding carboxylic acids is 1. The summed E-state index contributed by atoms with van der Waals surface area (Å²) < 4.78 is 0. The van der Waals surface area contributed by atoms with E-state index >= 15 is 0 Å². The van der Waals surface area contributed by atoms with Gasteiger partial charge in [0.25, 0.3) is 0 Å². The number of thioether (sulfide) groups is 1. The summed E-state index contributed by atoms with van der Waals surface area (Å²) in [5.41, 5.74) is 2.29. The lowest BCUT2D eigenvalue weighted by atomic mass is 10.0. The molecule has 1 aliphatic rings. The van der Waals surface area contributed by atoms with Crippen LogP contribution in [-0.4, -0.2) is 30.2 Å². The fraction of sp³-hybridized carbons (Fsp3) is 0.353. The van der Waals surface area contributed by atoms with E-state index in [9.17, 15) is 4.79 Å². The van der Waals surface area contributed by atoms with Crippen LogP contribution in [0.15, 0.2) is 40.6 Å². The van der Waals surface area contributed by atoms with Gasteiger partial charge in [-0.2, -0.15) is 0 Å². The van der Waals surface area contributed by atoms with Crippen LogP contribution in [0.1, 0.15) is 23.4 Å². The van der Waals surface area contributed by atoms with Gasteiger partial charge in [0.2, 0.25) is 5.91 Å². The quantitative estimate of drug-likeness (QED) is 0.858. The molecule has 0 unspecified atom stereocenters. The zero-order valence-corrected chi connectivity index (χ0v) is 14.5. The Morgan fingerprint density at radius 1 is 1.41 bits per heavy atom. The second-order valence-electron chi connectivity index (χ2n) is 5.44. The van der Waals surface area contributed by atoms with Crippen LogP contribution < -0.4 is 5.32 Å². The second-order valence-corrected chi connectivity index (χ2v) is 7.29. The highest BCUT2D eigenvalue weighted by Crippen LogP contribution is 2.32. The van der Waals surface area contributed by atoms with Gasteiger partial charge >= 0.3 is 0 Å². The van der Waals surface area contributed by atoms with E-state index in [1.807, 2.05) is 41.9 Å². The van der Waals surface area contributed by atoms with Gasteiger partial charge in [0.05, 0.1) is 12.2 Å². The van der Waals surface area contributed by atoms with Crippen LogP contribution in [0.4, 0.5) is 5.69 Å². The van der Waals surface area contributed by atoms with Crippen molar-refractivity contribution in [2.75, 3.05) is 24.7 Å². The van der Waals surface area contributed by atoms with E-state index in [2.05, 4.69) is 28.6 Å². The fourth-order valence-corrected chi connectivity index (χ4v) is 4.42. The molecule has 0 bridgehead atoms. The number of anilines is 1. The highest BCUT2D eigenvalue weighted by Gasteiger charge is 2.26. The number of fused-ring (bicyclic) bond motifs is 1. The largest absolute Gasteiger partial charge is 0.324 e. The van der Waals surface area contributed by atoms with E-state index in [1.54, 1.807) is 11.8 Å². The number of carbonyl (C=O) groups is 1. The number of hydrogen-bond acceptors (Lipinski definition) is 4. The van der Waals surface area contributed by atoms with Crippen LogP contribution in [0.3, 0.4) is 0 Å². The van der Waals surface area contributed by atoms with Gasteiger partial charge in [-0.05, 0) is 48.7 Å². The third kappa shape index (κ3) is 3.21. The molecule has 0 saturated carbocycles. The molecule has 116 valence electrons.